The average Bonchev–Trinajstić information content (AvgIpc) is 2.72. The average molecular weight is 378 g/mol. The molecule has 1 aliphatic rings. The number of carbonyl (C=O) groups is 1. The summed E-state index contributed by atoms with van der Waals surface area (Å²) in [5.74, 6) is 0.293. The Morgan fingerprint density at radius 1 is 1.30 bits per heavy atom. The second kappa shape index (κ2) is 12.7. The molecule has 2 atom stereocenters. The Bertz CT molecular complexity index is 527. The first-order chi connectivity index (χ1) is 13.3. The van der Waals surface area contributed by atoms with E-state index >= 15 is 0 Å². The zero-order valence-corrected chi connectivity index (χ0v) is 16.6. The summed E-state index contributed by atoms with van der Waals surface area (Å²) < 4.78 is 11.8. The topological polar surface area (TPSA) is 76.8 Å². The summed E-state index contributed by atoms with van der Waals surface area (Å²) in [6.07, 6.45) is 3.98. The highest BCUT2D eigenvalue weighted by molar-refractivity contribution is 5.74. The maximum Gasteiger partial charge on any atom is 0.317 e. The molecule has 0 aromatic heterocycles. The van der Waals surface area contributed by atoms with Crippen molar-refractivity contribution in [2.24, 2.45) is 11.7 Å². The van der Waals surface area contributed by atoms with Gasteiger partial charge in [0.15, 0.2) is 0 Å². The summed E-state index contributed by atoms with van der Waals surface area (Å²) in [5.41, 5.74) is 6.67. The molecule has 0 aliphatic carbocycles. The van der Waals surface area contributed by atoms with Crippen LogP contribution in [-0.2, 0) is 9.47 Å². The van der Waals surface area contributed by atoms with Crippen molar-refractivity contribution in [1.29, 1.82) is 0 Å². The monoisotopic (exact) mass is 377 g/mol. The van der Waals surface area contributed by atoms with Gasteiger partial charge in [-0.25, -0.2) is 4.79 Å². The van der Waals surface area contributed by atoms with Gasteiger partial charge in [-0.3, -0.25) is 0 Å². The van der Waals surface area contributed by atoms with E-state index in [0.29, 0.717) is 32.2 Å². The van der Waals surface area contributed by atoms with E-state index in [-0.39, 0.29) is 12.1 Å². The van der Waals surface area contributed by atoms with E-state index in [4.69, 9.17) is 15.2 Å². The number of amides is 2. The van der Waals surface area contributed by atoms with Gasteiger partial charge in [-0.15, -0.1) is 0 Å². The first-order valence-corrected chi connectivity index (χ1v) is 10.2. The molecule has 2 rings (SSSR count). The molecule has 27 heavy (non-hydrogen) atoms. The van der Waals surface area contributed by atoms with Crippen LogP contribution >= 0.6 is 0 Å². The minimum Gasteiger partial charge on any atom is -0.381 e. The highest BCUT2D eigenvalue weighted by atomic mass is 16.5. The number of rotatable bonds is 11. The van der Waals surface area contributed by atoms with E-state index < -0.39 is 0 Å². The minimum absolute atomic E-state index is 0.00230. The molecule has 1 aromatic rings. The standard InChI is InChI=1S/C21H35N3O3/c1-2-14-26-15-7-16-27-20(18-8-4-3-5-9-18)19-10-6-13-24(17-19)21(25)23-12-11-22/h3-5,8-9,19-20H,2,6-7,10-17,22H2,1H3,(H,23,25)/t19-,20+/m1/s1. The number of nitrogens with one attached hydrogen (secondary N) is 1. The molecule has 0 bridgehead atoms. The van der Waals surface area contributed by atoms with Gasteiger partial charge in [-0.05, 0) is 31.2 Å². The predicted octanol–water partition coefficient (Wildman–Crippen LogP) is 2.94. The number of piperidine rings is 1. The molecule has 0 spiro atoms. The second-order valence-electron chi connectivity index (χ2n) is 7.04. The number of hydrogen-bond donors (Lipinski definition) is 2. The molecule has 3 N–H and O–H groups in total. The smallest absolute Gasteiger partial charge is 0.317 e. The normalized spacial score (nSPS) is 18.3. The molecule has 0 unspecified atom stereocenters. The van der Waals surface area contributed by atoms with Gasteiger partial charge < -0.3 is 25.4 Å². The van der Waals surface area contributed by atoms with Gasteiger partial charge in [0.25, 0.3) is 0 Å². The van der Waals surface area contributed by atoms with Gasteiger partial charge in [-0.2, -0.15) is 0 Å². The fraction of sp³-hybridized carbons (Fsp3) is 0.667. The lowest BCUT2D eigenvalue weighted by Gasteiger charge is -2.37. The van der Waals surface area contributed by atoms with Crippen LogP contribution in [0.4, 0.5) is 4.79 Å². The van der Waals surface area contributed by atoms with Crippen molar-refractivity contribution in [3.8, 4) is 0 Å². The van der Waals surface area contributed by atoms with Crippen LogP contribution < -0.4 is 11.1 Å². The second-order valence-corrected chi connectivity index (χ2v) is 7.04. The summed E-state index contributed by atoms with van der Waals surface area (Å²) >= 11 is 0. The van der Waals surface area contributed by atoms with Gasteiger partial charge in [0.05, 0.1) is 6.10 Å². The first-order valence-electron chi connectivity index (χ1n) is 10.2. The van der Waals surface area contributed by atoms with E-state index in [1.807, 2.05) is 23.1 Å². The Hall–Kier alpha value is -1.63. The van der Waals surface area contributed by atoms with Crippen LogP contribution in [0.3, 0.4) is 0 Å². The summed E-state index contributed by atoms with van der Waals surface area (Å²) in [6.45, 7) is 6.78. The molecule has 1 saturated heterocycles. The van der Waals surface area contributed by atoms with Crippen molar-refractivity contribution in [3.63, 3.8) is 0 Å². The van der Waals surface area contributed by atoms with Crippen molar-refractivity contribution in [2.75, 3.05) is 46.0 Å². The Balaban J connectivity index is 1.94. The van der Waals surface area contributed by atoms with Crippen molar-refractivity contribution in [1.82, 2.24) is 10.2 Å². The van der Waals surface area contributed by atoms with Gasteiger partial charge >= 0.3 is 6.03 Å². The SMILES string of the molecule is CCCOCCCO[C@@H](c1ccccc1)[C@@H]1CCCN(C(=O)NCCN)C1. The number of ether oxygens (including phenoxy) is 2. The van der Waals surface area contributed by atoms with Gasteiger partial charge in [0.1, 0.15) is 0 Å². The lowest BCUT2D eigenvalue weighted by molar-refractivity contribution is -0.0188. The molecule has 1 aromatic carbocycles. The van der Waals surface area contributed by atoms with E-state index in [0.717, 1.165) is 45.4 Å². The number of hydrogen-bond acceptors (Lipinski definition) is 4. The number of carbonyl (C=O) groups excluding carboxylic acids is 1. The Kier molecular flexibility index (Phi) is 10.2. The predicted molar refractivity (Wildman–Crippen MR) is 108 cm³/mol. The number of likely N-dealkylation sites (tertiary alicyclic amines) is 1. The molecule has 0 saturated carbocycles. The van der Waals surface area contributed by atoms with Crippen LogP contribution in [0.1, 0.15) is 44.3 Å². The third kappa shape index (κ3) is 7.48. The zero-order valence-electron chi connectivity index (χ0n) is 16.6. The molecule has 1 heterocycles. The molecule has 1 fully saturated rings. The van der Waals surface area contributed by atoms with Crippen LogP contribution in [0, 0.1) is 5.92 Å². The van der Waals surface area contributed by atoms with Crippen molar-refractivity contribution < 1.29 is 14.3 Å². The number of urea groups is 1. The Morgan fingerprint density at radius 3 is 2.85 bits per heavy atom. The van der Waals surface area contributed by atoms with Crippen LogP contribution in [0.5, 0.6) is 0 Å². The maximum atomic E-state index is 12.3. The lowest BCUT2D eigenvalue weighted by Crippen LogP contribution is -2.47. The fourth-order valence-corrected chi connectivity index (χ4v) is 3.50. The minimum atomic E-state index is -0.0232. The van der Waals surface area contributed by atoms with E-state index in [2.05, 4.69) is 24.4 Å². The number of nitrogens with zero attached hydrogens (tertiary/aromatic N) is 1. The molecule has 1 aliphatic heterocycles. The number of nitrogens with two attached hydrogens (primary N) is 1. The number of benzene rings is 1. The van der Waals surface area contributed by atoms with Crippen molar-refractivity contribution in [3.05, 3.63) is 35.9 Å². The molecule has 152 valence electrons. The van der Waals surface area contributed by atoms with Gasteiger partial charge in [-0.1, -0.05) is 37.3 Å². The maximum absolute atomic E-state index is 12.3. The third-order valence-corrected chi connectivity index (χ3v) is 4.80. The largest absolute Gasteiger partial charge is 0.381 e. The van der Waals surface area contributed by atoms with Crippen molar-refractivity contribution >= 4 is 6.03 Å². The van der Waals surface area contributed by atoms with E-state index in [1.165, 1.54) is 5.56 Å². The summed E-state index contributed by atoms with van der Waals surface area (Å²) in [5, 5.41) is 2.88. The highest BCUT2D eigenvalue weighted by Gasteiger charge is 2.30. The summed E-state index contributed by atoms with van der Waals surface area (Å²) in [4.78, 5) is 14.2. The summed E-state index contributed by atoms with van der Waals surface area (Å²) in [6, 6.07) is 10.3. The highest BCUT2D eigenvalue weighted by Crippen LogP contribution is 2.33. The summed E-state index contributed by atoms with van der Waals surface area (Å²) in [7, 11) is 0. The quantitative estimate of drug-likeness (QED) is 0.581. The fourth-order valence-electron chi connectivity index (χ4n) is 3.50. The van der Waals surface area contributed by atoms with Crippen molar-refractivity contribution in [2.45, 2.75) is 38.7 Å². The zero-order chi connectivity index (χ0) is 19.3. The van der Waals surface area contributed by atoms with Crippen LogP contribution in [-0.4, -0.2) is 56.9 Å². The third-order valence-electron chi connectivity index (χ3n) is 4.80. The molecular weight excluding hydrogens is 342 g/mol. The molecular formula is C21H35N3O3. The Labute approximate surface area is 163 Å². The Morgan fingerprint density at radius 2 is 2.11 bits per heavy atom. The van der Waals surface area contributed by atoms with Gasteiger partial charge in [0, 0.05) is 51.9 Å². The molecule has 6 heteroatoms. The van der Waals surface area contributed by atoms with E-state index in [9.17, 15) is 4.79 Å². The van der Waals surface area contributed by atoms with Crippen LogP contribution in [0.25, 0.3) is 0 Å². The van der Waals surface area contributed by atoms with Crippen LogP contribution in [0.15, 0.2) is 30.3 Å². The van der Waals surface area contributed by atoms with E-state index in [1.54, 1.807) is 0 Å². The first kappa shape index (κ1) is 21.7. The lowest BCUT2D eigenvalue weighted by atomic mass is 9.88. The molecule has 0 radical (unpaired) electrons. The van der Waals surface area contributed by atoms with Crippen LogP contribution in [0.2, 0.25) is 0 Å². The van der Waals surface area contributed by atoms with Gasteiger partial charge in [0.2, 0.25) is 0 Å². The molecule has 2 amide bonds. The molecule has 6 nitrogen and oxygen atoms in total.